The predicted molar refractivity (Wildman–Crippen MR) is 114 cm³/mol. The SMILES string of the molecule is CCCCC(CC)C(=O)[O-].[Cr+4].[c-]1ccccc1.[c-]1ccccc1.[c-]1ccccc1. The van der Waals surface area contributed by atoms with E-state index in [1.54, 1.807) is 0 Å². The molecule has 0 spiro atoms. The van der Waals surface area contributed by atoms with Crippen molar-refractivity contribution in [1.29, 1.82) is 0 Å². The number of rotatable bonds is 5. The Labute approximate surface area is 187 Å². The van der Waals surface area contributed by atoms with Crippen LogP contribution in [0.3, 0.4) is 0 Å². The summed E-state index contributed by atoms with van der Waals surface area (Å²) in [6.07, 6.45) is 3.52. The first-order chi connectivity index (χ1) is 13.7. The van der Waals surface area contributed by atoms with Gasteiger partial charge in [0.25, 0.3) is 0 Å². The number of carbonyl (C=O) groups excluding carboxylic acids is 1. The average molecular weight is 427 g/mol. The molecule has 2 nitrogen and oxygen atoms in total. The third kappa shape index (κ3) is 21.8. The Balaban J connectivity index is 0. The maximum atomic E-state index is 10.3. The van der Waals surface area contributed by atoms with Crippen LogP contribution in [0, 0.1) is 24.1 Å². The Kier molecular flexibility index (Phi) is 23.6. The molecule has 0 aromatic heterocycles. The summed E-state index contributed by atoms with van der Waals surface area (Å²) in [6.45, 7) is 3.94. The van der Waals surface area contributed by atoms with Crippen LogP contribution in [-0.4, -0.2) is 5.97 Å². The summed E-state index contributed by atoms with van der Waals surface area (Å²) < 4.78 is 0. The van der Waals surface area contributed by atoms with Gasteiger partial charge in [-0.1, -0.05) is 26.7 Å². The molecule has 0 saturated heterocycles. The van der Waals surface area contributed by atoms with E-state index in [-0.39, 0.29) is 23.3 Å². The maximum Gasteiger partial charge on any atom is 4.00 e. The third-order valence-corrected chi connectivity index (χ3v) is 3.55. The minimum atomic E-state index is -0.893. The Hall–Kier alpha value is -2.34. The van der Waals surface area contributed by atoms with Crippen molar-refractivity contribution in [2.24, 2.45) is 5.92 Å². The van der Waals surface area contributed by atoms with Crippen molar-refractivity contribution >= 4 is 5.97 Å². The molecule has 3 heteroatoms. The standard InChI is InChI=1S/C8H16O2.3C6H5.Cr/c1-3-5-6-7(4-2)8(9)10;3*1-2-4-6-5-3-1;/h7H,3-6H2,1-2H3,(H,9,10);3*1-5H;/q;3*-1;+4/p-1. The van der Waals surface area contributed by atoms with Crippen LogP contribution in [0.25, 0.3) is 0 Å². The first-order valence-corrected chi connectivity index (χ1v) is 9.66. The third-order valence-electron chi connectivity index (χ3n) is 3.55. The predicted octanol–water partition coefficient (Wildman–Crippen LogP) is 5.41. The molecule has 0 heterocycles. The summed E-state index contributed by atoms with van der Waals surface area (Å²) in [5.41, 5.74) is 0. The van der Waals surface area contributed by atoms with Crippen molar-refractivity contribution in [2.45, 2.75) is 39.5 Å². The summed E-state index contributed by atoms with van der Waals surface area (Å²) in [4.78, 5) is 10.3. The van der Waals surface area contributed by atoms with Gasteiger partial charge in [-0.15, -0.1) is 0 Å². The summed E-state index contributed by atoms with van der Waals surface area (Å²) in [5, 5.41) is 10.3. The summed E-state index contributed by atoms with van der Waals surface area (Å²) >= 11 is 0. The molecule has 0 amide bonds. The van der Waals surface area contributed by atoms with Gasteiger partial charge in [0.15, 0.2) is 0 Å². The van der Waals surface area contributed by atoms with Gasteiger partial charge in [-0.25, -0.2) is 0 Å². The molecule has 1 unspecified atom stereocenters. The molecule has 1 atom stereocenters. The van der Waals surface area contributed by atoms with Gasteiger partial charge in [0.05, 0.1) is 0 Å². The molecule has 0 aliphatic heterocycles. The number of hydrogen-bond acceptors (Lipinski definition) is 2. The van der Waals surface area contributed by atoms with Crippen LogP contribution in [0.4, 0.5) is 0 Å². The second-order valence-corrected chi connectivity index (χ2v) is 5.80. The quantitative estimate of drug-likeness (QED) is 0.512. The molecule has 0 aliphatic carbocycles. The number of carbonyl (C=O) groups is 1. The molecule has 152 valence electrons. The molecule has 0 fully saturated rings. The Bertz CT molecular complexity index is 490. The Morgan fingerprint density at radius 2 is 1.07 bits per heavy atom. The second kappa shape index (κ2) is 23.7. The van der Waals surface area contributed by atoms with E-state index >= 15 is 0 Å². The zero-order chi connectivity index (χ0) is 20.7. The number of carboxylic acids is 1. The average Bonchev–Trinajstić information content (AvgIpc) is 2.79. The molecule has 0 saturated carbocycles. The van der Waals surface area contributed by atoms with Gasteiger partial charge in [0.2, 0.25) is 0 Å². The van der Waals surface area contributed by atoms with Gasteiger partial charge >= 0.3 is 17.4 Å². The van der Waals surface area contributed by atoms with Gasteiger partial charge in [-0.3, -0.25) is 0 Å². The van der Waals surface area contributed by atoms with E-state index in [1.807, 2.05) is 97.9 Å². The molecule has 0 N–H and O–H groups in total. The topological polar surface area (TPSA) is 40.1 Å². The zero-order valence-electron chi connectivity index (χ0n) is 17.3. The van der Waals surface area contributed by atoms with Crippen molar-refractivity contribution < 1.29 is 27.3 Å². The number of unbranched alkanes of at least 4 members (excludes halogenated alkanes) is 1. The smallest absolute Gasteiger partial charge is 0.550 e. The minimum Gasteiger partial charge on any atom is -0.550 e. The van der Waals surface area contributed by atoms with Crippen molar-refractivity contribution in [1.82, 2.24) is 0 Å². The van der Waals surface area contributed by atoms with Crippen LogP contribution in [-0.2, 0) is 22.2 Å². The fourth-order valence-corrected chi connectivity index (χ4v) is 1.96. The zero-order valence-corrected chi connectivity index (χ0v) is 18.6. The van der Waals surface area contributed by atoms with Crippen LogP contribution >= 0.6 is 0 Å². The Morgan fingerprint density at radius 3 is 1.21 bits per heavy atom. The largest absolute Gasteiger partial charge is 4.00 e. The molecular weight excluding hydrogens is 396 g/mol. The molecule has 0 bridgehead atoms. The fourth-order valence-electron chi connectivity index (χ4n) is 1.96. The molecule has 0 aliphatic rings. The molecule has 3 rings (SSSR count). The van der Waals surface area contributed by atoms with Gasteiger partial charge < -0.3 is 9.90 Å². The van der Waals surface area contributed by atoms with Crippen molar-refractivity contribution in [3.63, 3.8) is 0 Å². The molecule has 3 aromatic carbocycles. The number of aliphatic carboxylic acids is 1. The van der Waals surface area contributed by atoms with E-state index in [2.05, 4.69) is 25.1 Å². The molecule has 3 aromatic rings. The normalized spacial score (nSPS) is 9.45. The second-order valence-electron chi connectivity index (χ2n) is 5.80. The Morgan fingerprint density at radius 1 is 0.724 bits per heavy atom. The van der Waals surface area contributed by atoms with E-state index < -0.39 is 5.97 Å². The van der Waals surface area contributed by atoms with Gasteiger partial charge in [-0.2, -0.15) is 109 Å². The maximum absolute atomic E-state index is 10.3. The van der Waals surface area contributed by atoms with E-state index in [1.165, 1.54) is 0 Å². The fraction of sp³-hybridized carbons (Fsp3) is 0.269. The molecule has 0 radical (unpaired) electrons. The van der Waals surface area contributed by atoms with Crippen LogP contribution in [0.2, 0.25) is 0 Å². The first kappa shape index (κ1) is 28.9. The van der Waals surface area contributed by atoms with E-state index in [0.29, 0.717) is 6.42 Å². The van der Waals surface area contributed by atoms with E-state index in [4.69, 9.17) is 0 Å². The summed E-state index contributed by atoms with van der Waals surface area (Å²) in [6, 6.07) is 37.5. The molecule has 29 heavy (non-hydrogen) atoms. The number of benzene rings is 3. The summed E-state index contributed by atoms with van der Waals surface area (Å²) in [5.74, 6) is -1.11. The number of hydrogen-bond donors (Lipinski definition) is 0. The van der Waals surface area contributed by atoms with Crippen LogP contribution in [0.5, 0.6) is 0 Å². The van der Waals surface area contributed by atoms with E-state index in [0.717, 1.165) is 19.3 Å². The van der Waals surface area contributed by atoms with Crippen molar-refractivity contribution in [3.05, 3.63) is 109 Å². The van der Waals surface area contributed by atoms with Gasteiger partial charge in [-0.05, 0) is 18.8 Å². The van der Waals surface area contributed by atoms with Crippen LogP contribution in [0.1, 0.15) is 39.5 Å². The molecular formula is C26H30CrO2. The van der Waals surface area contributed by atoms with Gasteiger partial charge in [0, 0.05) is 5.97 Å². The van der Waals surface area contributed by atoms with Crippen LogP contribution < -0.4 is 5.11 Å². The van der Waals surface area contributed by atoms with Crippen LogP contribution in [0.15, 0.2) is 91.0 Å². The van der Waals surface area contributed by atoms with E-state index in [9.17, 15) is 9.90 Å². The monoisotopic (exact) mass is 426 g/mol. The minimum absolute atomic E-state index is 0. The van der Waals surface area contributed by atoms with Crippen molar-refractivity contribution in [2.75, 3.05) is 0 Å². The van der Waals surface area contributed by atoms with Gasteiger partial charge in [0.1, 0.15) is 0 Å². The number of carboxylic acid groups (broad SMARTS) is 1. The summed E-state index contributed by atoms with van der Waals surface area (Å²) in [7, 11) is 0. The first-order valence-electron chi connectivity index (χ1n) is 9.66. The van der Waals surface area contributed by atoms with Crippen molar-refractivity contribution in [3.8, 4) is 0 Å².